The van der Waals surface area contributed by atoms with Crippen LogP contribution in [0.5, 0.6) is 0 Å². The topological polar surface area (TPSA) is 114 Å². The minimum atomic E-state index is -4.08. The molecule has 0 saturated carbocycles. The Hall–Kier alpha value is -2.29. The summed E-state index contributed by atoms with van der Waals surface area (Å²) in [7, 11) is -2.52. The maximum absolute atomic E-state index is 12.3. The van der Waals surface area contributed by atoms with Crippen molar-refractivity contribution in [2.24, 2.45) is 7.05 Å². The molecule has 0 aliphatic rings. The maximum atomic E-state index is 12.3. The van der Waals surface area contributed by atoms with Gasteiger partial charge in [0.25, 0.3) is 10.0 Å². The summed E-state index contributed by atoms with van der Waals surface area (Å²) in [5.74, 6) is -1.07. The van der Waals surface area contributed by atoms with Crippen molar-refractivity contribution in [3.63, 3.8) is 0 Å². The molecular weight excluding hydrogens is 286 g/mol. The summed E-state index contributed by atoms with van der Waals surface area (Å²) in [6.45, 7) is 2.80. The van der Waals surface area contributed by atoms with Crippen molar-refractivity contribution < 1.29 is 22.7 Å². The van der Waals surface area contributed by atoms with Crippen LogP contribution in [0.15, 0.2) is 21.6 Å². The minimum absolute atomic E-state index is 0.0227. The van der Waals surface area contributed by atoms with Crippen LogP contribution in [0.4, 0.5) is 5.82 Å². The predicted octanol–water partition coefficient (Wildman–Crippen LogP) is 1.13. The Morgan fingerprint density at radius 1 is 1.40 bits per heavy atom. The van der Waals surface area contributed by atoms with Crippen molar-refractivity contribution in [2.45, 2.75) is 18.7 Å². The van der Waals surface area contributed by atoms with Crippen molar-refractivity contribution in [2.75, 3.05) is 4.72 Å². The second-order valence-corrected chi connectivity index (χ2v) is 5.79. The number of furan rings is 1. The fraction of sp³-hybridized carbons (Fsp3) is 0.273. The maximum Gasteiger partial charge on any atom is 0.340 e. The Bertz CT molecular complexity index is 772. The Kier molecular flexibility index (Phi) is 3.30. The van der Waals surface area contributed by atoms with E-state index in [2.05, 4.69) is 9.82 Å². The van der Waals surface area contributed by atoms with Gasteiger partial charge in [-0.2, -0.15) is 5.10 Å². The first-order chi connectivity index (χ1) is 9.24. The molecule has 0 unspecified atom stereocenters. The van der Waals surface area contributed by atoms with Gasteiger partial charge in [-0.3, -0.25) is 9.40 Å². The number of rotatable bonds is 4. The van der Waals surface area contributed by atoms with E-state index in [1.54, 1.807) is 7.05 Å². The summed E-state index contributed by atoms with van der Waals surface area (Å²) in [4.78, 5) is 10.8. The number of carboxylic acid groups (broad SMARTS) is 1. The lowest BCUT2D eigenvalue weighted by Crippen LogP contribution is -2.18. The number of carboxylic acids is 1. The first kappa shape index (κ1) is 14.1. The second-order valence-electron chi connectivity index (χ2n) is 4.17. The molecule has 20 heavy (non-hydrogen) atoms. The zero-order valence-corrected chi connectivity index (χ0v) is 11.9. The molecule has 2 aromatic heterocycles. The normalized spacial score (nSPS) is 11.6. The summed E-state index contributed by atoms with van der Waals surface area (Å²) in [6.07, 6.45) is 1.42. The van der Waals surface area contributed by atoms with E-state index >= 15 is 0 Å². The van der Waals surface area contributed by atoms with Gasteiger partial charge >= 0.3 is 5.97 Å². The van der Waals surface area contributed by atoms with Gasteiger partial charge in [-0.1, -0.05) is 0 Å². The molecule has 0 radical (unpaired) electrons. The van der Waals surface area contributed by atoms with E-state index in [0.29, 0.717) is 0 Å². The molecule has 2 heterocycles. The van der Waals surface area contributed by atoms with E-state index in [1.807, 2.05) is 0 Å². The number of aryl methyl sites for hydroxylation is 3. The molecule has 0 aliphatic carbocycles. The van der Waals surface area contributed by atoms with Gasteiger partial charge in [0.05, 0.1) is 6.20 Å². The molecule has 0 saturated heterocycles. The second kappa shape index (κ2) is 4.67. The van der Waals surface area contributed by atoms with Gasteiger partial charge < -0.3 is 9.52 Å². The molecule has 9 heteroatoms. The number of aromatic carboxylic acids is 1. The average molecular weight is 299 g/mol. The lowest BCUT2D eigenvalue weighted by molar-refractivity contribution is 0.0691. The van der Waals surface area contributed by atoms with Crippen LogP contribution in [0.25, 0.3) is 0 Å². The molecule has 2 N–H and O–H groups in total. The molecule has 0 fully saturated rings. The molecule has 2 aromatic rings. The SMILES string of the molecule is Cc1oc(C)c(S(=O)(=O)Nc2ccnn2C)c1C(=O)O. The van der Waals surface area contributed by atoms with Crippen molar-refractivity contribution in [1.82, 2.24) is 9.78 Å². The van der Waals surface area contributed by atoms with Crippen LogP contribution >= 0.6 is 0 Å². The summed E-state index contributed by atoms with van der Waals surface area (Å²) in [6, 6.07) is 1.46. The number of aromatic nitrogens is 2. The van der Waals surface area contributed by atoms with E-state index in [1.165, 1.54) is 30.8 Å². The van der Waals surface area contributed by atoms with Gasteiger partial charge in [-0.15, -0.1) is 0 Å². The zero-order chi connectivity index (χ0) is 15.1. The highest BCUT2D eigenvalue weighted by Gasteiger charge is 2.31. The highest BCUT2D eigenvalue weighted by molar-refractivity contribution is 7.92. The first-order valence-electron chi connectivity index (χ1n) is 5.58. The zero-order valence-electron chi connectivity index (χ0n) is 11.0. The van der Waals surface area contributed by atoms with E-state index in [0.717, 1.165) is 0 Å². The Labute approximate surface area is 115 Å². The third-order valence-corrected chi connectivity index (χ3v) is 4.25. The predicted molar refractivity (Wildman–Crippen MR) is 69.2 cm³/mol. The smallest absolute Gasteiger partial charge is 0.340 e. The lowest BCUT2D eigenvalue weighted by Gasteiger charge is -2.08. The van der Waals surface area contributed by atoms with Crippen LogP contribution in [0.2, 0.25) is 0 Å². The Balaban J connectivity index is 2.56. The third-order valence-electron chi connectivity index (χ3n) is 2.75. The first-order valence-corrected chi connectivity index (χ1v) is 7.06. The summed E-state index contributed by atoms with van der Waals surface area (Å²) in [5, 5.41) is 13.0. The molecule has 0 amide bonds. The molecule has 0 atom stereocenters. The fourth-order valence-corrected chi connectivity index (χ4v) is 3.39. The molecule has 0 spiro atoms. The van der Waals surface area contributed by atoms with E-state index < -0.39 is 16.0 Å². The van der Waals surface area contributed by atoms with E-state index in [-0.39, 0.29) is 27.8 Å². The molecular formula is C11H13N3O5S. The number of carbonyl (C=O) groups is 1. The number of nitrogens with zero attached hydrogens (tertiary/aromatic N) is 2. The number of nitrogens with one attached hydrogen (secondary N) is 1. The molecule has 0 aliphatic heterocycles. The lowest BCUT2D eigenvalue weighted by atomic mass is 10.2. The van der Waals surface area contributed by atoms with Gasteiger partial charge in [0.15, 0.2) is 0 Å². The van der Waals surface area contributed by atoms with Crippen LogP contribution in [0, 0.1) is 13.8 Å². The Morgan fingerprint density at radius 2 is 2.05 bits per heavy atom. The standard InChI is InChI=1S/C11H13N3O5S/c1-6-9(11(15)16)10(7(2)19-6)20(17,18)13-8-4-5-12-14(8)3/h4-5,13H,1-3H3,(H,15,16). The van der Waals surface area contributed by atoms with Crippen molar-refractivity contribution >= 4 is 21.8 Å². The van der Waals surface area contributed by atoms with Gasteiger partial charge in [0.1, 0.15) is 27.8 Å². The van der Waals surface area contributed by atoms with Crippen LogP contribution in [0.1, 0.15) is 21.9 Å². The van der Waals surface area contributed by atoms with Crippen LogP contribution in [0.3, 0.4) is 0 Å². The van der Waals surface area contributed by atoms with Crippen molar-refractivity contribution in [3.8, 4) is 0 Å². The third kappa shape index (κ3) is 2.27. The number of anilines is 1. The highest BCUT2D eigenvalue weighted by Crippen LogP contribution is 2.28. The largest absolute Gasteiger partial charge is 0.478 e. The summed E-state index contributed by atoms with van der Waals surface area (Å²) in [5.41, 5.74) is -0.364. The quantitative estimate of drug-likeness (QED) is 0.874. The van der Waals surface area contributed by atoms with E-state index in [4.69, 9.17) is 9.52 Å². The van der Waals surface area contributed by atoms with Gasteiger partial charge in [0.2, 0.25) is 0 Å². The molecule has 8 nitrogen and oxygen atoms in total. The Morgan fingerprint density at radius 3 is 2.55 bits per heavy atom. The fourth-order valence-electron chi connectivity index (χ4n) is 1.90. The number of hydrogen-bond donors (Lipinski definition) is 2. The number of hydrogen-bond acceptors (Lipinski definition) is 5. The number of sulfonamides is 1. The monoisotopic (exact) mass is 299 g/mol. The molecule has 2 rings (SSSR count). The van der Waals surface area contributed by atoms with Gasteiger partial charge in [-0.25, -0.2) is 13.2 Å². The van der Waals surface area contributed by atoms with Crippen molar-refractivity contribution in [3.05, 3.63) is 29.3 Å². The van der Waals surface area contributed by atoms with Crippen LogP contribution < -0.4 is 4.72 Å². The van der Waals surface area contributed by atoms with Crippen LogP contribution in [-0.2, 0) is 17.1 Å². The summed E-state index contributed by atoms with van der Waals surface area (Å²) >= 11 is 0. The van der Waals surface area contributed by atoms with E-state index in [9.17, 15) is 13.2 Å². The minimum Gasteiger partial charge on any atom is -0.478 e. The van der Waals surface area contributed by atoms with Crippen molar-refractivity contribution in [1.29, 1.82) is 0 Å². The molecule has 108 valence electrons. The average Bonchev–Trinajstić information content (AvgIpc) is 2.82. The van der Waals surface area contributed by atoms with Gasteiger partial charge in [-0.05, 0) is 13.8 Å². The van der Waals surface area contributed by atoms with Crippen LogP contribution in [-0.4, -0.2) is 29.3 Å². The van der Waals surface area contributed by atoms with Gasteiger partial charge in [0, 0.05) is 13.1 Å². The molecule has 0 bridgehead atoms. The highest BCUT2D eigenvalue weighted by atomic mass is 32.2. The molecule has 0 aromatic carbocycles. The summed E-state index contributed by atoms with van der Waals surface area (Å²) < 4.78 is 33.4.